The van der Waals surface area contributed by atoms with Gasteiger partial charge in [0.2, 0.25) is 5.91 Å². The Hall–Kier alpha value is -2.29. The molecule has 0 aliphatic rings. The highest BCUT2D eigenvalue weighted by molar-refractivity contribution is 5.79. The van der Waals surface area contributed by atoms with Crippen LogP contribution in [-0.4, -0.2) is 13.0 Å². The molecule has 0 heterocycles. The van der Waals surface area contributed by atoms with Crippen molar-refractivity contribution in [3.63, 3.8) is 0 Å². The lowest BCUT2D eigenvalue weighted by atomic mass is 10.0. The second kappa shape index (κ2) is 7.12. The van der Waals surface area contributed by atoms with Crippen LogP contribution in [0.5, 0.6) is 5.75 Å². The summed E-state index contributed by atoms with van der Waals surface area (Å²) in [5, 5.41) is 3.06. The van der Waals surface area contributed by atoms with Crippen molar-refractivity contribution in [1.29, 1.82) is 0 Å². The molecule has 0 saturated carbocycles. The molecule has 1 N–H and O–H groups in total. The highest BCUT2D eigenvalue weighted by atomic mass is 16.5. The molecule has 0 aliphatic heterocycles. The normalized spacial score (nSPS) is 11.8. The predicted octanol–water partition coefficient (Wildman–Crippen LogP) is 3.73. The number of rotatable bonds is 5. The Morgan fingerprint density at radius 2 is 1.86 bits per heavy atom. The molecule has 1 atom stereocenters. The molecule has 0 fully saturated rings. The van der Waals surface area contributed by atoms with Crippen LogP contribution in [0.4, 0.5) is 0 Å². The van der Waals surface area contributed by atoms with E-state index in [2.05, 4.69) is 24.4 Å². The van der Waals surface area contributed by atoms with Gasteiger partial charge in [0.05, 0.1) is 19.6 Å². The van der Waals surface area contributed by atoms with Crippen molar-refractivity contribution in [3.8, 4) is 5.75 Å². The topological polar surface area (TPSA) is 38.3 Å². The number of amides is 1. The Morgan fingerprint density at radius 1 is 1.14 bits per heavy atom. The number of hydrogen-bond acceptors (Lipinski definition) is 2. The molecule has 116 valence electrons. The third-order valence-corrected chi connectivity index (χ3v) is 3.86. The largest absolute Gasteiger partial charge is 0.496 e. The van der Waals surface area contributed by atoms with Gasteiger partial charge in [-0.25, -0.2) is 0 Å². The first-order chi connectivity index (χ1) is 10.5. The zero-order valence-electron chi connectivity index (χ0n) is 13.6. The maximum absolute atomic E-state index is 12.2. The van der Waals surface area contributed by atoms with Gasteiger partial charge in [0, 0.05) is 0 Å². The minimum atomic E-state index is 0.00745. The van der Waals surface area contributed by atoms with E-state index in [0.717, 1.165) is 22.4 Å². The van der Waals surface area contributed by atoms with Gasteiger partial charge in [0.15, 0.2) is 0 Å². The Bertz CT molecular complexity index is 664. The van der Waals surface area contributed by atoms with E-state index < -0.39 is 0 Å². The summed E-state index contributed by atoms with van der Waals surface area (Å²) < 4.78 is 5.24. The van der Waals surface area contributed by atoms with E-state index in [1.165, 1.54) is 5.56 Å². The van der Waals surface area contributed by atoms with Crippen LogP contribution in [0.25, 0.3) is 0 Å². The second-order valence-electron chi connectivity index (χ2n) is 5.63. The molecule has 0 aromatic heterocycles. The number of carbonyl (C=O) groups is 1. The lowest BCUT2D eigenvalue weighted by Gasteiger charge is -2.17. The molecule has 3 heteroatoms. The molecular weight excluding hydrogens is 274 g/mol. The number of ether oxygens (including phenoxy) is 1. The van der Waals surface area contributed by atoms with Crippen molar-refractivity contribution in [2.45, 2.75) is 33.2 Å². The SMILES string of the molecule is COc1ccc(CC(=O)NC(C)c2ccccc2C)cc1C. The summed E-state index contributed by atoms with van der Waals surface area (Å²) in [6, 6.07) is 14.0. The van der Waals surface area contributed by atoms with Crippen molar-refractivity contribution in [2.75, 3.05) is 7.11 Å². The smallest absolute Gasteiger partial charge is 0.224 e. The fourth-order valence-corrected chi connectivity index (χ4v) is 2.68. The first-order valence-corrected chi connectivity index (χ1v) is 7.49. The Balaban J connectivity index is 2.01. The van der Waals surface area contributed by atoms with E-state index in [9.17, 15) is 4.79 Å². The van der Waals surface area contributed by atoms with Gasteiger partial charge >= 0.3 is 0 Å². The van der Waals surface area contributed by atoms with Crippen LogP contribution in [0.1, 0.15) is 35.2 Å². The molecule has 3 nitrogen and oxygen atoms in total. The molecule has 0 spiro atoms. The number of carbonyl (C=O) groups excluding carboxylic acids is 1. The van der Waals surface area contributed by atoms with Crippen LogP contribution in [0.2, 0.25) is 0 Å². The third kappa shape index (κ3) is 3.88. The summed E-state index contributed by atoms with van der Waals surface area (Å²) in [6.45, 7) is 6.06. The van der Waals surface area contributed by atoms with Crippen molar-refractivity contribution < 1.29 is 9.53 Å². The lowest BCUT2D eigenvalue weighted by molar-refractivity contribution is -0.121. The zero-order chi connectivity index (χ0) is 16.1. The summed E-state index contributed by atoms with van der Waals surface area (Å²) in [4.78, 5) is 12.2. The molecule has 2 aromatic carbocycles. The Kier molecular flexibility index (Phi) is 5.21. The Morgan fingerprint density at radius 3 is 2.50 bits per heavy atom. The number of nitrogens with one attached hydrogen (secondary N) is 1. The van der Waals surface area contributed by atoms with E-state index >= 15 is 0 Å². The lowest BCUT2D eigenvalue weighted by Crippen LogP contribution is -2.28. The van der Waals surface area contributed by atoms with Crippen LogP contribution in [0.15, 0.2) is 42.5 Å². The van der Waals surface area contributed by atoms with Gasteiger partial charge in [0.1, 0.15) is 5.75 Å². The van der Waals surface area contributed by atoms with Crippen LogP contribution >= 0.6 is 0 Å². The zero-order valence-corrected chi connectivity index (χ0v) is 13.6. The van der Waals surface area contributed by atoms with Gasteiger partial charge < -0.3 is 10.1 Å². The fourth-order valence-electron chi connectivity index (χ4n) is 2.68. The number of methoxy groups -OCH3 is 1. The summed E-state index contributed by atoms with van der Waals surface area (Å²) in [5.74, 6) is 0.873. The van der Waals surface area contributed by atoms with Gasteiger partial charge in [-0.1, -0.05) is 36.4 Å². The molecule has 22 heavy (non-hydrogen) atoms. The summed E-state index contributed by atoms with van der Waals surface area (Å²) in [5.41, 5.74) is 4.38. The van der Waals surface area contributed by atoms with Crippen molar-refractivity contribution in [1.82, 2.24) is 5.32 Å². The van der Waals surface area contributed by atoms with E-state index in [-0.39, 0.29) is 11.9 Å². The molecule has 1 amide bonds. The van der Waals surface area contributed by atoms with Gasteiger partial charge in [0.25, 0.3) is 0 Å². The van der Waals surface area contributed by atoms with Crippen LogP contribution in [0.3, 0.4) is 0 Å². The van der Waals surface area contributed by atoms with E-state index in [0.29, 0.717) is 6.42 Å². The Labute approximate surface area is 132 Å². The summed E-state index contributed by atoms with van der Waals surface area (Å²) in [7, 11) is 1.65. The minimum Gasteiger partial charge on any atom is -0.496 e. The number of benzene rings is 2. The summed E-state index contributed by atoms with van der Waals surface area (Å²) in [6.07, 6.45) is 0.376. The summed E-state index contributed by atoms with van der Waals surface area (Å²) >= 11 is 0. The van der Waals surface area contributed by atoms with Crippen molar-refractivity contribution in [3.05, 3.63) is 64.7 Å². The van der Waals surface area contributed by atoms with Crippen LogP contribution in [-0.2, 0) is 11.2 Å². The van der Waals surface area contributed by atoms with Crippen molar-refractivity contribution >= 4 is 5.91 Å². The monoisotopic (exact) mass is 297 g/mol. The quantitative estimate of drug-likeness (QED) is 0.913. The number of aryl methyl sites for hydroxylation is 2. The average Bonchev–Trinajstić information content (AvgIpc) is 2.47. The first kappa shape index (κ1) is 16.1. The molecule has 2 aromatic rings. The van der Waals surface area contributed by atoms with Gasteiger partial charge in [-0.05, 0) is 49.1 Å². The van der Waals surface area contributed by atoms with Crippen LogP contribution < -0.4 is 10.1 Å². The maximum atomic E-state index is 12.2. The predicted molar refractivity (Wildman–Crippen MR) is 89.2 cm³/mol. The highest BCUT2D eigenvalue weighted by Gasteiger charge is 2.12. The van der Waals surface area contributed by atoms with E-state index in [1.54, 1.807) is 7.11 Å². The molecule has 0 aliphatic carbocycles. The van der Waals surface area contributed by atoms with E-state index in [4.69, 9.17) is 4.74 Å². The van der Waals surface area contributed by atoms with Gasteiger partial charge in [-0.2, -0.15) is 0 Å². The number of hydrogen-bond donors (Lipinski definition) is 1. The molecule has 0 saturated heterocycles. The average molecular weight is 297 g/mol. The molecule has 2 rings (SSSR count). The first-order valence-electron chi connectivity index (χ1n) is 7.49. The van der Waals surface area contributed by atoms with Crippen LogP contribution in [0, 0.1) is 13.8 Å². The van der Waals surface area contributed by atoms with E-state index in [1.807, 2.05) is 44.2 Å². The molecule has 0 radical (unpaired) electrons. The minimum absolute atomic E-state index is 0.00745. The standard InChI is InChI=1S/C19H23NO2/c1-13-7-5-6-8-17(13)15(3)20-19(21)12-16-9-10-18(22-4)14(2)11-16/h5-11,15H,12H2,1-4H3,(H,20,21). The third-order valence-electron chi connectivity index (χ3n) is 3.86. The highest BCUT2D eigenvalue weighted by Crippen LogP contribution is 2.20. The molecule has 1 unspecified atom stereocenters. The second-order valence-corrected chi connectivity index (χ2v) is 5.63. The maximum Gasteiger partial charge on any atom is 0.224 e. The van der Waals surface area contributed by atoms with Crippen molar-refractivity contribution in [2.24, 2.45) is 0 Å². The fraction of sp³-hybridized carbons (Fsp3) is 0.316. The van der Waals surface area contributed by atoms with Gasteiger partial charge in [-0.15, -0.1) is 0 Å². The molecule has 0 bridgehead atoms. The van der Waals surface area contributed by atoms with Gasteiger partial charge in [-0.3, -0.25) is 4.79 Å². The molecular formula is C19H23NO2.